The number of rotatable bonds is 8. The molecule has 0 aliphatic heterocycles. The van der Waals surface area contributed by atoms with Crippen molar-refractivity contribution in [3.05, 3.63) is 77.9 Å². The molecule has 0 radical (unpaired) electrons. The number of unbranched alkanes of at least 4 members (excludes halogenated alkanes) is 1. The van der Waals surface area contributed by atoms with Crippen LogP contribution in [0.2, 0.25) is 0 Å². The van der Waals surface area contributed by atoms with Gasteiger partial charge in [0.2, 0.25) is 0 Å². The maximum Gasteiger partial charge on any atom is 0.119 e. The van der Waals surface area contributed by atoms with Crippen molar-refractivity contribution in [1.82, 2.24) is 5.32 Å². The van der Waals surface area contributed by atoms with Gasteiger partial charge in [-0.2, -0.15) is 0 Å². The minimum atomic E-state index is 0.360. The van der Waals surface area contributed by atoms with Crippen LogP contribution >= 0.6 is 0 Å². The van der Waals surface area contributed by atoms with Crippen molar-refractivity contribution >= 4 is 10.8 Å². The van der Waals surface area contributed by atoms with E-state index in [0.29, 0.717) is 18.0 Å². The third-order valence-electron chi connectivity index (χ3n) is 6.33. The number of ether oxygens (including phenoxy) is 1. The Morgan fingerprint density at radius 2 is 1.76 bits per heavy atom. The molecule has 0 saturated heterocycles. The van der Waals surface area contributed by atoms with E-state index in [2.05, 4.69) is 85.9 Å². The van der Waals surface area contributed by atoms with Gasteiger partial charge in [0.15, 0.2) is 0 Å². The lowest BCUT2D eigenvalue weighted by molar-refractivity contribution is 0.309. The van der Waals surface area contributed by atoms with Crippen LogP contribution in [0.5, 0.6) is 5.75 Å². The molecule has 0 unspecified atom stereocenters. The van der Waals surface area contributed by atoms with Crippen molar-refractivity contribution in [2.24, 2.45) is 0 Å². The van der Waals surface area contributed by atoms with E-state index in [1.54, 1.807) is 0 Å². The third kappa shape index (κ3) is 4.82. The van der Waals surface area contributed by atoms with Crippen LogP contribution in [0, 0.1) is 0 Å². The van der Waals surface area contributed by atoms with Crippen LogP contribution in [0.15, 0.2) is 66.7 Å². The Morgan fingerprint density at radius 1 is 0.966 bits per heavy atom. The van der Waals surface area contributed by atoms with Gasteiger partial charge < -0.3 is 10.1 Å². The van der Waals surface area contributed by atoms with E-state index in [9.17, 15) is 0 Å². The van der Waals surface area contributed by atoms with Crippen molar-refractivity contribution in [2.75, 3.05) is 6.61 Å². The van der Waals surface area contributed by atoms with Gasteiger partial charge in [-0.25, -0.2) is 0 Å². The minimum absolute atomic E-state index is 0.360. The van der Waals surface area contributed by atoms with Crippen LogP contribution in [0.4, 0.5) is 0 Å². The van der Waals surface area contributed by atoms with Crippen molar-refractivity contribution in [3.8, 4) is 5.75 Å². The molecule has 1 aliphatic rings. The Labute approximate surface area is 175 Å². The van der Waals surface area contributed by atoms with Gasteiger partial charge in [-0.3, -0.25) is 0 Å². The third-order valence-corrected chi connectivity index (χ3v) is 6.33. The van der Waals surface area contributed by atoms with Gasteiger partial charge in [0.1, 0.15) is 5.75 Å². The molecule has 3 aromatic carbocycles. The first kappa shape index (κ1) is 20.0. The normalized spacial score (nSPS) is 20.1. The molecule has 1 fully saturated rings. The second-order valence-corrected chi connectivity index (χ2v) is 8.43. The van der Waals surface area contributed by atoms with Crippen molar-refractivity contribution < 1.29 is 4.74 Å². The van der Waals surface area contributed by atoms with Crippen molar-refractivity contribution in [2.45, 2.75) is 64.0 Å². The highest BCUT2D eigenvalue weighted by Crippen LogP contribution is 2.36. The molecule has 2 heteroatoms. The average molecular weight is 388 g/mol. The van der Waals surface area contributed by atoms with Crippen molar-refractivity contribution in [3.63, 3.8) is 0 Å². The first-order valence-corrected chi connectivity index (χ1v) is 11.2. The predicted octanol–water partition coefficient (Wildman–Crippen LogP) is 7.01. The molecule has 1 saturated carbocycles. The molecule has 3 atom stereocenters. The van der Waals surface area contributed by atoms with E-state index in [0.717, 1.165) is 18.8 Å². The van der Waals surface area contributed by atoms with Crippen LogP contribution in [0.3, 0.4) is 0 Å². The molecule has 1 aliphatic carbocycles. The smallest absolute Gasteiger partial charge is 0.119 e. The average Bonchev–Trinajstić information content (AvgIpc) is 3.22. The van der Waals surface area contributed by atoms with Crippen LogP contribution in [0.1, 0.15) is 69.0 Å². The summed E-state index contributed by atoms with van der Waals surface area (Å²) in [4.78, 5) is 0. The fraction of sp³-hybridized carbons (Fsp3) is 0.407. The lowest BCUT2D eigenvalue weighted by Crippen LogP contribution is -2.29. The molecular weight excluding hydrogens is 354 g/mol. The molecule has 0 amide bonds. The van der Waals surface area contributed by atoms with Gasteiger partial charge in [-0.05, 0) is 72.6 Å². The molecule has 4 rings (SSSR count). The van der Waals surface area contributed by atoms with E-state index in [1.807, 2.05) is 0 Å². The molecule has 0 bridgehead atoms. The molecule has 0 spiro atoms. The van der Waals surface area contributed by atoms with E-state index in [4.69, 9.17) is 4.74 Å². The Morgan fingerprint density at radius 3 is 2.59 bits per heavy atom. The van der Waals surface area contributed by atoms with Gasteiger partial charge in [0, 0.05) is 12.1 Å². The Balaban J connectivity index is 1.36. The highest BCUT2D eigenvalue weighted by atomic mass is 16.5. The van der Waals surface area contributed by atoms with Gasteiger partial charge >= 0.3 is 0 Å². The summed E-state index contributed by atoms with van der Waals surface area (Å²) < 4.78 is 5.81. The predicted molar refractivity (Wildman–Crippen MR) is 123 cm³/mol. The minimum Gasteiger partial charge on any atom is -0.494 e. The summed E-state index contributed by atoms with van der Waals surface area (Å²) in [6, 6.07) is 25.1. The van der Waals surface area contributed by atoms with Crippen LogP contribution in [0.25, 0.3) is 10.8 Å². The zero-order valence-electron chi connectivity index (χ0n) is 17.7. The molecule has 0 heterocycles. The summed E-state index contributed by atoms with van der Waals surface area (Å²) in [6.45, 7) is 5.31. The standard InChI is InChI=1S/C27H33NO/c1-3-4-18-29-25-16-13-21(14-17-25)23-12-15-24(19-23)28-20(2)26-11-7-9-22-8-5-6-10-27(22)26/h5-11,13-14,16-17,20,23-24,28H,3-4,12,15,18-19H2,1-2H3/t20-,23-,24+/m1/s1. The summed E-state index contributed by atoms with van der Waals surface area (Å²) in [7, 11) is 0. The molecule has 152 valence electrons. The van der Waals surface area contributed by atoms with E-state index >= 15 is 0 Å². The maximum absolute atomic E-state index is 5.81. The SMILES string of the molecule is CCCCOc1ccc([C@@H]2CC[C@H](N[C@H](C)c3cccc4ccccc34)C2)cc1. The zero-order chi connectivity index (χ0) is 20.1. The summed E-state index contributed by atoms with van der Waals surface area (Å²) in [6.07, 6.45) is 6.01. The first-order valence-electron chi connectivity index (χ1n) is 11.2. The second kappa shape index (κ2) is 9.45. The van der Waals surface area contributed by atoms with Crippen LogP contribution < -0.4 is 10.1 Å². The fourth-order valence-corrected chi connectivity index (χ4v) is 4.68. The number of nitrogens with one attached hydrogen (secondary N) is 1. The highest BCUT2D eigenvalue weighted by Gasteiger charge is 2.27. The fourth-order valence-electron chi connectivity index (χ4n) is 4.68. The number of hydrogen-bond acceptors (Lipinski definition) is 2. The van der Waals surface area contributed by atoms with Gasteiger partial charge in [0.05, 0.1) is 6.61 Å². The summed E-state index contributed by atoms with van der Waals surface area (Å²) in [5, 5.41) is 6.60. The van der Waals surface area contributed by atoms with Gasteiger partial charge in [-0.15, -0.1) is 0 Å². The van der Waals surface area contributed by atoms with Crippen molar-refractivity contribution in [1.29, 1.82) is 0 Å². The number of fused-ring (bicyclic) bond motifs is 1. The molecule has 0 aromatic heterocycles. The molecule has 29 heavy (non-hydrogen) atoms. The maximum atomic E-state index is 5.81. The monoisotopic (exact) mass is 387 g/mol. The van der Waals surface area contributed by atoms with Gasteiger partial charge in [0.25, 0.3) is 0 Å². The summed E-state index contributed by atoms with van der Waals surface area (Å²) in [5.41, 5.74) is 2.86. The van der Waals surface area contributed by atoms with Crippen LogP contribution in [-0.2, 0) is 0 Å². The van der Waals surface area contributed by atoms with E-state index < -0.39 is 0 Å². The largest absolute Gasteiger partial charge is 0.494 e. The first-order chi connectivity index (χ1) is 14.2. The van der Waals surface area contributed by atoms with Crippen LogP contribution in [-0.4, -0.2) is 12.6 Å². The molecule has 3 aromatic rings. The lowest BCUT2D eigenvalue weighted by atomic mass is 9.96. The lowest BCUT2D eigenvalue weighted by Gasteiger charge is -2.21. The highest BCUT2D eigenvalue weighted by molar-refractivity contribution is 5.86. The zero-order valence-corrected chi connectivity index (χ0v) is 17.7. The molecule has 2 nitrogen and oxygen atoms in total. The summed E-state index contributed by atoms with van der Waals surface area (Å²) >= 11 is 0. The van der Waals surface area contributed by atoms with E-state index in [-0.39, 0.29) is 0 Å². The Kier molecular flexibility index (Phi) is 6.51. The summed E-state index contributed by atoms with van der Waals surface area (Å²) in [5.74, 6) is 1.65. The number of hydrogen-bond donors (Lipinski definition) is 1. The molecule has 1 N–H and O–H groups in total. The van der Waals surface area contributed by atoms with Gasteiger partial charge in [-0.1, -0.05) is 67.9 Å². The van der Waals surface area contributed by atoms with E-state index in [1.165, 1.54) is 47.6 Å². The quantitative estimate of drug-likeness (QED) is 0.420. The Bertz CT molecular complexity index is 912. The Hall–Kier alpha value is -2.32. The topological polar surface area (TPSA) is 21.3 Å². The second-order valence-electron chi connectivity index (χ2n) is 8.43. The molecular formula is C27H33NO. The number of benzene rings is 3.